The summed E-state index contributed by atoms with van der Waals surface area (Å²) in [6, 6.07) is -0.666. The van der Waals surface area contributed by atoms with E-state index in [2.05, 4.69) is 5.32 Å². The largest absolute Gasteiger partial charge is 0.464 e. The van der Waals surface area contributed by atoms with Crippen molar-refractivity contribution >= 4 is 11.9 Å². The Balaban J connectivity index is 3.87. The van der Waals surface area contributed by atoms with Crippen LogP contribution in [0.5, 0.6) is 0 Å². The first-order valence-corrected chi connectivity index (χ1v) is 4.61. The van der Waals surface area contributed by atoms with Crippen molar-refractivity contribution in [2.24, 2.45) is 0 Å². The fraction of sp³-hybridized carbons (Fsp3) is 0.778. The van der Waals surface area contributed by atoms with E-state index in [0.29, 0.717) is 0 Å². The minimum atomic E-state index is -0.704. The van der Waals surface area contributed by atoms with E-state index in [0.717, 1.165) is 0 Å². The molecule has 0 radical (unpaired) electrons. The molecule has 0 saturated heterocycles. The molecule has 82 valence electrons. The van der Waals surface area contributed by atoms with Crippen LogP contribution in [0, 0.1) is 0 Å². The van der Waals surface area contributed by atoms with E-state index in [-0.39, 0.29) is 18.9 Å². The lowest BCUT2D eigenvalue weighted by Gasteiger charge is -2.12. The van der Waals surface area contributed by atoms with Gasteiger partial charge in [0.2, 0.25) is 5.91 Å². The number of ether oxygens (including phenoxy) is 1. The SMILES string of the molecule is CCOC(=O)C(C)NC(=O)CC(C)O. The molecule has 0 aromatic heterocycles. The highest BCUT2D eigenvalue weighted by atomic mass is 16.5. The summed E-state index contributed by atoms with van der Waals surface area (Å²) in [5.74, 6) is -0.827. The Bertz CT molecular complexity index is 203. The molecule has 0 aliphatic heterocycles. The maximum absolute atomic E-state index is 11.1. The molecule has 0 bridgehead atoms. The van der Waals surface area contributed by atoms with Gasteiger partial charge in [-0.1, -0.05) is 0 Å². The summed E-state index contributed by atoms with van der Waals surface area (Å²) in [6.45, 7) is 5.03. The molecule has 1 amide bonds. The molecule has 0 rings (SSSR count). The van der Waals surface area contributed by atoms with E-state index in [4.69, 9.17) is 9.84 Å². The van der Waals surface area contributed by atoms with Crippen LogP contribution >= 0.6 is 0 Å². The Morgan fingerprint density at radius 2 is 2.00 bits per heavy atom. The van der Waals surface area contributed by atoms with Crippen LogP contribution in [-0.2, 0) is 14.3 Å². The molecule has 5 nitrogen and oxygen atoms in total. The second kappa shape index (κ2) is 6.37. The smallest absolute Gasteiger partial charge is 0.328 e. The van der Waals surface area contributed by atoms with Gasteiger partial charge in [-0.05, 0) is 20.8 Å². The van der Waals surface area contributed by atoms with Crippen molar-refractivity contribution in [3.63, 3.8) is 0 Å². The van der Waals surface area contributed by atoms with Crippen LogP contribution < -0.4 is 5.32 Å². The van der Waals surface area contributed by atoms with E-state index in [1.54, 1.807) is 6.92 Å². The Kier molecular flexibility index (Phi) is 5.87. The van der Waals surface area contributed by atoms with E-state index in [1.807, 2.05) is 0 Å². The Morgan fingerprint density at radius 1 is 1.43 bits per heavy atom. The van der Waals surface area contributed by atoms with E-state index in [9.17, 15) is 9.59 Å². The Hall–Kier alpha value is -1.10. The summed E-state index contributed by atoms with van der Waals surface area (Å²) in [6.07, 6.45) is -0.714. The highest BCUT2D eigenvalue weighted by molar-refractivity contribution is 5.84. The van der Waals surface area contributed by atoms with E-state index >= 15 is 0 Å². The number of amides is 1. The molecule has 2 unspecified atom stereocenters. The number of hydrogen-bond acceptors (Lipinski definition) is 4. The van der Waals surface area contributed by atoms with Gasteiger partial charge < -0.3 is 15.2 Å². The van der Waals surface area contributed by atoms with Crippen LogP contribution in [0.3, 0.4) is 0 Å². The number of aliphatic hydroxyl groups excluding tert-OH is 1. The van der Waals surface area contributed by atoms with Crippen molar-refractivity contribution in [2.75, 3.05) is 6.61 Å². The Labute approximate surface area is 83.4 Å². The quantitative estimate of drug-likeness (QED) is 0.608. The van der Waals surface area contributed by atoms with Crippen LogP contribution in [0.25, 0.3) is 0 Å². The molecule has 0 heterocycles. The van der Waals surface area contributed by atoms with Crippen molar-refractivity contribution in [1.29, 1.82) is 0 Å². The predicted octanol–water partition coefficient (Wildman–Crippen LogP) is -0.175. The predicted molar refractivity (Wildman–Crippen MR) is 50.5 cm³/mol. The first-order chi connectivity index (χ1) is 6.47. The maximum Gasteiger partial charge on any atom is 0.328 e. The highest BCUT2D eigenvalue weighted by Crippen LogP contribution is 1.92. The van der Waals surface area contributed by atoms with Crippen LogP contribution in [0.1, 0.15) is 27.2 Å². The third-order valence-corrected chi connectivity index (χ3v) is 1.50. The molecule has 0 fully saturated rings. The average Bonchev–Trinajstić information content (AvgIpc) is 2.02. The molecular formula is C9H17NO4. The fourth-order valence-corrected chi connectivity index (χ4v) is 0.895. The van der Waals surface area contributed by atoms with Gasteiger partial charge in [-0.2, -0.15) is 0 Å². The summed E-state index contributed by atoms with van der Waals surface area (Å²) in [5.41, 5.74) is 0. The lowest BCUT2D eigenvalue weighted by Crippen LogP contribution is -2.40. The minimum Gasteiger partial charge on any atom is -0.464 e. The van der Waals surface area contributed by atoms with Crippen molar-refractivity contribution < 1.29 is 19.4 Å². The number of esters is 1. The Morgan fingerprint density at radius 3 is 2.43 bits per heavy atom. The molecule has 0 aromatic rings. The number of carbonyl (C=O) groups excluding carboxylic acids is 2. The first-order valence-electron chi connectivity index (χ1n) is 4.61. The van der Waals surface area contributed by atoms with Gasteiger partial charge in [-0.3, -0.25) is 4.79 Å². The maximum atomic E-state index is 11.1. The van der Waals surface area contributed by atoms with Crippen LogP contribution in [0.2, 0.25) is 0 Å². The zero-order valence-corrected chi connectivity index (χ0v) is 8.74. The van der Waals surface area contributed by atoms with Gasteiger partial charge in [0, 0.05) is 0 Å². The highest BCUT2D eigenvalue weighted by Gasteiger charge is 2.16. The molecule has 0 aromatic carbocycles. The van der Waals surface area contributed by atoms with Gasteiger partial charge in [0.05, 0.1) is 19.1 Å². The van der Waals surface area contributed by atoms with Gasteiger partial charge in [0.15, 0.2) is 0 Å². The molecule has 14 heavy (non-hydrogen) atoms. The lowest BCUT2D eigenvalue weighted by molar-refractivity contribution is -0.147. The minimum absolute atomic E-state index is 0.0102. The average molecular weight is 203 g/mol. The summed E-state index contributed by atoms with van der Waals surface area (Å²) in [5, 5.41) is 11.3. The molecule has 0 spiro atoms. The summed E-state index contributed by atoms with van der Waals surface area (Å²) in [7, 11) is 0. The third kappa shape index (κ3) is 5.53. The number of hydrogen-bond donors (Lipinski definition) is 2. The van der Waals surface area contributed by atoms with Crippen LogP contribution in [0.15, 0.2) is 0 Å². The molecule has 0 aliphatic rings. The van der Waals surface area contributed by atoms with Crippen molar-refractivity contribution in [2.45, 2.75) is 39.3 Å². The molecular weight excluding hydrogens is 186 g/mol. The van der Waals surface area contributed by atoms with E-state index < -0.39 is 18.1 Å². The third-order valence-electron chi connectivity index (χ3n) is 1.50. The number of carbonyl (C=O) groups is 2. The summed E-state index contributed by atoms with van der Waals surface area (Å²) >= 11 is 0. The summed E-state index contributed by atoms with van der Waals surface area (Å²) < 4.78 is 4.69. The second-order valence-corrected chi connectivity index (χ2v) is 3.09. The molecule has 5 heteroatoms. The van der Waals surface area contributed by atoms with Crippen LogP contribution in [-0.4, -0.2) is 35.7 Å². The van der Waals surface area contributed by atoms with Gasteiger partial charge in [-0.15, -0.1) is 0 Å². The summed E-state index contributed by atoms with van der Waals surface area (Å²) in [4.78, 5) is 22.2. The van der Waals surface area contributed by atoms with Gasteiger partial charge in [0.25, 0.3) is 0 Å². The number of aliphatic hydroxyl groups is 1. The van der Waals surface area contributed by atoms with Crippen LogP contribution in [0.4, 0.5) is 0 Å². The van der Waals surface area contributed by atoms with Crippen molar-refractivity contribution in [3.05, 3.63) is 0 Å². The van der Waals surface area contributed by atoms with Gasteiger partial charge in [-0.25, -0.2) is 4.79 Å². The van der Waals surface area contributed by atoms with Crippen molar-refractivity contribution in [1.82, 2.24) is 5.32 Å². The zero-order chi connectivity index (χ0) is 11.1. The fourth-order valence-electron chi connectivity index (χ4n) is 0.895. The molecule has 0 saturated carbocycles. The molecule has 0 aliphatic carbocycles. The topological polar surface area (TPSA) is 75.6 Å². The zero-order valence-electron chi connectivity index (χ0n) is 8.74. The second-order valence-electron chi connectivity index (χ2n) is 3.09. The van der Waals surface area contributed by atoms with Gasteiger partial charge >= 0.3 is 5.97 Å². The normalized spacial score (nSPS) is 14.3. The number of nitrogens with one attached hydrogen (secondary N) is 1. The monoisotopic (exact) mass is 203 g/mol. The lowest BCUT2D eigenvalue weighted by atomic mass is 10.2. The molecule has 2 N–H and O–H groups in total. The molecule has 2 atom stereocenters. The standard InChI is InChI=1S/C9H17NO4/c1-4-14-9(13)7(3)10-8(12)5-6(2)11/h6-7,11H,4-5H2,1-3H3,(H,10,12). The van der Waals surface area contributed by atoms with E-state index in [1.165, 1.54) is 13.8 Å². The first kappa shape index (κ1) is 12.9. The van der Waals surface area contributed by atoms with Gasteiger partial charge in [0.1, 0.15) is 6.04 Å². The van der Waals surface area contributed by atoms with Crippen molar-refractivity contribution in [3.8, 4) is 0 Å². The number of rotatable bonds is 5.